The molecule has 1 aromatic carbocycles. The predicted octanol–water partition coefficient (Wildman–Crippen LogP) is 3.23. The summed E-state index contributed by atoms with van der Waals surface area (Å²) in [7, 11) is -3.19. The van der Waals surface area contributed by atoms with Crippen LogP contribution in [-0.2, 0) is 9.84 Å². The molecule has 2 rings (SSSR count). The summed E-state index contributed by atoms with van der Waals surface area (Å²) in [5.74, 6) is 0.690. The Morgan fingerprint density at radius 2 is 1.88 bits per heavy atom. The zero-order valence-corrected chi connectivity index (χ0v) is 15.5. The van der Waals surface area contributed by atoms with Crippen LogP contribution in [0.3, 0.4) is 0 Å². The summed E-state index contributed by atoms with van der Waals surface area (Å²) in [6, 6.07) is 12.5. The molecule has 1 heterocycles. The van der Waals surface area contributed by atoms with Crippen molar-refractivity contribution in [3.8, 4) is 0 Å². The van der Waals surface area contributed by atoms with Crippen LogP contribution in [0.2, 0.25) is 0 Å². The highest BCUT2D eigenvalue weighted by Gasteiger charge is 2.13. The van der Waals surface area contributed by atoms with Crippen molar-refractivity contribution >= 4 is 33.0 Å². The van der Waals surface area contributed by atoms with Gasteiger partial charge in [-0.15, -0.1) is 0 Å². The second-order valence-electron chi connectivity index (χ2n) is 5.56. The molecule has 7 heteroatoms. The van der Waals surface area contributed by atoms with Crippen LogP contribution in [0.5, 0.6) is 0 Å². The van der Waals surface area contributed by atoms with Gasteiger partial charge in [0.05, 0.1) is 10.9 Å². The molecule has 2 N–H and O–H groups in total. The smallest absolute Gasteiger partial charge is 0.175 e. The molecule has 1 aromatic heterocycles. The number of thiocarbonyl (C=S) groups is 1. The molecule has 0 radical (unpaired) electrons. The van der Waals surface area contributed by atoms with Crippen LogP contribution in [0.15, 0.2) is 47.4 Å². The lowest BCUT2D eigenvalue weighted by Crippen LogP contribution is -2.32. The fourth-order valence-corrected chi connectivity index (χ4v) is 3.17. The van der Waals surface area contributed by atoms with Gasteiger partial charge in [-0.3, -0.25) is 0 Å². The Morgan fingerprint density at radius 3 is 2.42 bits per heavy atom. The van der Waals surface area contributed by atoms with Gasteiger partial charge in [-0.25, -0.2) is 13.4 Å². The molecule has 5 nitrogen and oxygen atoms in total. The van der Waals surface area contributed by atoms with Crippen molar-refractivity contribution in [2.75, 3.05) is 11.6 Å². The summed E-state index contributed by atoms with van der Waals surface area (Å²) in [4.78, 5) is 4.66. The number of nitrogens with zero attached hydrogens (tertiary/aromatic N) is 1. The van der Waals surface area contributed by atoms with E-state index in [2.05, 4.69) is 15.6 Å². The second kappa shape index (κ2) is 7.72. The minimum absolute atomic E-state index is 0.0107. The molecule has 0 bridgehead atoms. The molecule has 24 heavy (non-hydrogen) atoms. The molecule has 1 unspecified atom stereocenters. The van der Waals surface area contributed by atoms with E-state index in [1.54, 1.807) is 12.1 Å². The average molecular weight is 364 g/mol. The van der Waals surface area contributed by atoms with Gasteiger partial charge in [0.1, 0.15) is 5.82 Å². The van der Waals surface area contributed by atoms with Gasteiger partial charge in [0.2, 0.25) is 0 Å². The minimum Gasteiger partial charge on any atom is -0.356 e. The second-order valence-corrected chi connectivity index (χ2v) is 7.99. The van der Waals surface area contributed by atoms with Crippen LogP contribution >= 0.6 is 12.2 Å². The number of nitrogens with one attached hydrogen (secondary N) is 2. The van der Waals surface area contributed by atoms with E-state index < -0.39 is 9.84 Å². The summed E-state index contributed by atoms with van der Waals surface area (Å²) in [5, 5.41) is 6.79. The SMILES string of the molecule is CCC(NC(=S)Nc1cccc(C)n1)c1ccc(S(C)(=O)=O)cc1. The molecule has 0 fully saturated rings. The number of benzene rings is 1. The maximum atomic E-state index is 11.5. The highest BCUT2D eigenvalue weighted by atomic mass is 32.2. The lowest BCUT2D eigenvalue weighted by Gasteiger charge is -2.20. The molecular weight excluding hydrogens is 342 g/mol. The molecular formula is C17H21N3O2S2. The van der Waals surface area contributed by atoms with Gasteiger partial charge in [0.15, 0.2) is 14.9 Å². The van der Waals surface area contributed by atoms with E-state index in [1.807, 2.05) is 44.2 Å². The van der Waals surface area contributed by atoms with Crippen LogP contribution < -0.4 is 10.6 Å². The van der Waals surface area contributed by atoms with Crippen molar-refractivity contribution in [1.29, 1.82) is 0 Å². The summed E-state index contributed by atoms with van der Waals surface area (Å²) in [6.07, 6.45) is 2.01. The van der Waals surface area contributed by atoms with Gasteiger partial charge >= 0.3 is 0 Å². The maximum absolute atomic E-state index is 11.5. The molecule has 0 saturated heterocycles. The number of rotatable bonds is 5. The van der Waals surface area contributed by atoms with E-state index in [9.17, 15) is 8.42 Å². The summed E-state index contributed by atoms with van der Waals surface area (Å²) < 4.78 is 23.1. The Hall–Kier alpha value is -1.99. The molecule has 128 valence electrons. The van der Waals surface area contributed by atoms with Gasteiger partial charge in [-0.05, 0) is 55.4 Å². The number of pyridine rings is 1. The number of anilines is 1. The standard InChI is InChI=1S/C17H21N3O2S2/c1-4-15(13-8-10-14(11-9-13)24(3,21)22)19-17(23)20-16-7-5-6-12(2)18-16/h5-11,15H,4H2,1-3H3,(H2,18,19,20,23). The van der Waals surface area contributed by atoms with Crippen molar-refractivity contribution in [3.63, 3.8) is 0 Å². The van der Waals surface area contributed by atoms with Gasteiger partial charge in [-0.2, -0.15) is 0 Å². The van der Waals surface area contributed by atoms with E-state index in [1.165, 1.54) is 6.26 Å². The summed E-state index contributed by atoms with van der Waals surface area (Å²) in [5.41, 5.74) is 1.89. The van der Waals surface area contributed by atoms with E-state index in [0.717, 1.165) is 17.7 Å². The molecule has 0 saturated carbocycles. The van der Waals surface area contributed by atoms with Gasteiger partial charge in [0, 0.05) is 11.9 Å². The monoisotopic (exact) mass is 363 g/mol. The molecule has 0 spiro atoms. The van der Waals surface area contributed by atoms with Crippen molar-refractivity contribution in [3.05, 3.63) is 53.7 Å². The van der Waals surface area contributed by atoms with Gasteiger partial charge in [-0.1, -0.05) is 25.1 Å². The number of sulfone groups is 1. The first-order chi connectivity index (χ1) is 11.3. The zero-order chi connectivity index (χ0) is 17.7. The highest BCUT2D eigenvalue weighted by Crippen LogP contribution is 2.19. The lowest BCUT2D eigenvalue weighted by molar-refractivity contribution is 0.601. The summed E-state index contributed by atoms with van der Waals surface area (Å²) >= 11 is 5.35. The van der Waals surface area contributed by atoms with E-state index in [4.69, 9.17) is 12.2 Å². The first kappa shape index (κ1) is 18.4. The third kappa shape index (κ3) is 5.01. The lowest BCUT2D eigenvalue weighted by atomic mass is 10.1. The Balaban J connectivity index is 2.07. The Kier molecular flexibility index (Phi) is 5.90. The Bertz CT molecular complexity index is 818. The van der Waals surface area contributed by atoms with E-state index in [-0.39, 0.29) is 6.04 Å². The number of aryl methyl sites for hydroxylation is 1. The molecule has 0 aliphatic carbocycles. The maximum Gasteiger partial charge on any atom is 0.175 e. The van der Waals surface area contributed by atoms with Crippen LogP contribution in [0.1, 0.15) is 30.6 Å². The van der Waals surface area contributed by atoms with Gasteiger partial charge < -0.3 is 10.6 Å². The van der Waals surface area contributed by atoms with Crippen LogP contribution in [-0.4, -0.2) is 24.8 Å². The number of hydrogen-bond donors (Lipinski definition) is 2. The molecule has 0 amide bonds. The van der Waals surface area contributed by atoms with E-state index in [0.29, 0.717) is 15.8 Å². The Labute approximate surface area is 148 Å². The van der Waals surface area contributed by atoms with Crippen LogP contribution in [0, 0.1) is 6.92 Å². The van der Waals surface area contributed by atoms with E-state index >= 15 is 0 Å². The van der Waals surface area contributed by atoms with Crippen LogP contribution in [0.4, 0.5) is 5.82 Å². The van der Waals surface area contributed by atoms with Crippen molar-refractivity contribution in [2.45, 2.75) is 31.2 Å². The highest BCUT2D eigenvalue weighted by molar-refractivity contribution is 7.90. The van der Waals surface area contributed by atoms with Gasteiger partial charge in [0.25, 0.3) is 0 Å². The molecule has 2 aromatic rings. The van der Waals surface area contributed by atoms with Crippen molar-refractivity contribution in [2.24, 2.45) is 0 Å². The average Bonchev–Trinajstić information content (AvgIpc) is 2.52. The third-order valence-electron chi connectivity index (χ3n) is 3.55. The first-order valence-electron chi connectivity index (χ1n) is 7.61. The van der Waals surface area contributed by atoms with Crippen LogP contribution in [0.25, 0.3) is 0 Å². The molecule has 0 aliphatic rings. The quantitative estimate of drug-likeness (QED) is 0.795. The topological polar surface area (TPSA) is 71.1 Å². The Morgan fingerprint density at radius 1 is 1.21 bits per heavy atom. The third-order valence-corrected chi connectivity index (χ3v) is 4.90. The van der Waals surface area contributed by atoms with Crippen molar-refractivity contribution in [1.82, 2.24) is 10.3 Å². The predicted molar refractivity (Wildman–Crippen MR) is 101 cm³/mol. The fraction of sp³-hybridized carbons (Fsp3) is 0.294. The summed E-state index contributed by atoms with van der Waals surface area (Å²) in [6.45, 7) is 3.95. The largest absolute Gasteiger partial charge is 0.356 e. The zero-order valence-electron chi connectivity index (χ0n) is 13.9. The fourth-order valence-electron chi connectivity index (χ4n) is 2.29. The number of aromatic nitrogens is 1. The van der Waals surface area contributed by atoms with Crippen molar-refractivity contribution < 1.29 is 8.42 Å². The number of hydrogen-bond acceptors (Lipinski definition) is 4. The minimum atomic E-state index is -3.19. The molecule has 0 aliphatic heterocycles. The first-order valence-corrected chi connectivity index (χ1v) is 9.90. The molecule has 1 atom stereocenters. The normalized spacial score (nSPS) is 12.5.